The van der Waals surface area contributed by atoms with Gasteiger partial charge in [0.1, 0.15) is 0 Å². The molecule has 88 valence electrons. The first kappa shape index (κ1) is 12.4. The van der Waals surface area contributed by atoms with Crippen LogP contribution in [0, 0.1) is 0 Å². The summed E-state index contributed by atoms with van der Waals surface area (Å²) in [6.45, 7) is 0. The van der Waals surface area contributed by atoms with E-state index < -0.39 is 0 Å². The predicted molar refractivity (Wildman–Crippen MR) is 70.2 cm³/mol. The van der Waals surface area contributed by atoms with Crippen LogP contribution >= 0.6 is 34.8 Å². The molecule has 0 aromatic heterocycles. The quantitative estimate of drug-likeness (QED) is 0.745. The molecule has 0 bridgehead atoms. The molecule has 0 fully saturated rings. The van der Waals surface area contributed by atoms with Crippen molar-refractivity contribution in [1.29, 1.82) is 0 Å². The molecule has 0 aliphatic heterocycles. The molecule has 0 spiro atoms. The van der Waals surface area contributed by atoms with Gasteiger partial charge in [-0.3, -0.25) is 0 Å². The number of phenols is 2. The fourth-order valence-corrected chi connectivity index (χ4v) is 2.14. The zero-order chi connectivity index (χ0) is 12.6. The molecule has 5 heteroatoms. The predicted octanol–water partition coefficient (Wildman–Crippen LogP) is 4.73. The highest BCUT2D eigenvalue weighted by molar-refractivity contribution is 6.36. The van der Waals surface area contributed by atoms with Gasteiger partial charge in [0.15, 0.2) is 11.5 Å². The molecule has 17 heavy (non-hydrogen) atoms. The standard InChI is InChI=1S/C12H7Cl3O2/c13-6-1-2-7(10(15)5-6)8-3-4-9(14)12(17)11(8)16/h1-5,16-17H. The Morgan fingerprint density at radius 2 is 1.35 bits per heavy atom. The average Bonchev–Trinajstić information content (AvgIpc) is 2.28. The number of aromatic hydroxyl groups is 2. The topological polar surface area (TPSA) is 40.5 Å². The Morgan fingerprint density at radius 3 is 2.00 bits per heavy atom. The van der Waals surface area contributed by atoms with Crippen molar-refractivity contribution in [3.63, 3.8) is 0 Å². The van der Waals surface area contributed by atoms with Crippen LogP contribution in [-0.2, 0) is 0 Å². The van der Waals surface area contributed by atoms with Crippen LogP contribution in [-0.4, -0.2) is 10.2 Å². The number of halogens is 3. The number of rotatable bonds is 1. The monoisotopic (exact) mass is 288 g/mol. The van der Waals surface area contributed by atoms with E-state index in [0.717, 1.165) is 0 Å². The first-order chi connectivity index (χ1) is 8.00. The third-order valence-corrected chi connectivity index (χ3v) is 3.18. The maximum atomic E-state index is 9.80. The van der Waals surface area contributed by atoms with Crippen molar-refractivity contribution in [2.45, 2.75) is 0 Å². The molecule has 0 heterocycles. The van der Waals surface area contributed by atoms with E-state index >= 15 is 0 Å². The van der Waals surface area contributed by atoms with Crippen LogP contribution in [0.15, 0.2) is 30.3 Å². The number of hydrogen-bond donors (Lipinski definition) is 2. The Bertz CT molecular complexity index is 582. The lowest BCUT2D eigenvalue weighted by Gasteiger charge is -2.09. The Hall–Kier alpha value is -1.09. The fourth-order valence-electron chi connectivity index (χ4n) is 1.48. The Balaban J connectivity index is 2.65. The zero-order valence-corrected chi connectivity index (χ0v) is 10.7. The highest BCUT2D eigenvalue weighted by Gasteiger charge is 2.14. The third-order valence-electron chi connectivity index (χ3n) is 2.32. The van der Waals surface area contributed by atoms with E-state index in [1.165, 1.54) is 6.07 Å². The van der Waals surface area contributed by atoms with E-state index in [9.17, 15) is 10.2 Å². The van der Waals surface area contributed by atoms with Crippen LogP contribution in [0.2, 0.25) is 15.1 Å². The van der Waals surface area contributed by atoms with Gasteiger partial charge in [-0.05, 0) is 24.3 Å². The molecule has 2 N–H and O–H groups in total. The van der Waals surface area contributed by atoms with E-state index in [1.54, 1.807) is 24.3 Å². The molecule has 2 nitrogen and oxygen atoms in total. The van der Waals surface area contributed by atoms with E-state index in [2.05, 4.69) is 0 Å². The van der Waals surface area contributed by atoms with Crippen molar-refractivity contribution < 1.29 is 10.2 Å². The smallest absolute Gasteiger partial charge is 0.177 e. The first-order valence-electron chi connectivity index (χ1n) is 4.66. The SMILES string of the molecule is Oc1c(Cl)ccc(-c2ccc(Cl)cc2Cl)c1O. The largest absolute Gasteiger partial charge is 0.504 e. The maximum Gasteiger partial charge on any atom is 0.177 e. The van der Waals surface area contributed by atoms with Crippen molar-refractivity contribution >= 4 is 34.8 Å². The summed E-state index contributed by atoms with van der Waals surface area (Å²) in [5.41, 5.74) is 0.967. The highest BCUT2D eigenvalue weighted by atomic mass is 35.5. The van der Waals surface area contributed by atoms with E-state index in [0.29, 0.717) is 21.2 Å². The molecule has 0 atom stereocenters. The second-order valence-electron chi connectivity index (χ2n) is 3.42. The van der Waals surface area contributed by atoms with E-state index in [1.807, 2.05) is 0 Å². The fraction of sp³-hybridized carbons (Fsp3) is 0. The van der Waals surface area contributed by atoms with Crippen LogP contribution in [0.25, 0.3) is 11.1 Å². The second-order valence-corrected chi connectivity index (χ2v) is 4.67. The molecule has 0 saturated carbocycles. The van der Waals surface area contributed by atoms with Crippen molar-refractivity contribution in [1.82, 2.24) is 0 Å². The number of benzene rings is 2. The van der Waals surface area contributed by atoms with Gasteiger partial charge >= 0.3 is 0 Å². The first-order valence-corrected chi connectivity index (χ1v) is 5.80. The molecule has 0 amide bonds. The minimum Gasteiger partial charge on any atom is -0.504 e. The summed E-state index contributed by atoms with van der Waals surface area (Å²) in [7, 11) is 0. The molecule has 2 aromatic carbocycles. The Labute approximate surface area is 113 Å². The van der Waals surface area contributed by atoms with Crippen molar-refractivity contribution in [3.8, 4) is 22.6 Å². The van der Waals surface area contributed by atoms with Gasteiger partial charge in [-0.15, -0.1) is 0 Å². The normalized spacial score (nSPS) is 10.5. The Kier molecular flexibility index (Phi) is 3.38. The number of phenolic OH excluding ortho intramolecular Hbond substituents is 2. The summed E-state index contributed by atoms with van der Waals surface area (Å²) in [6, 6.07) is 7.92. The molecule has 0 radical (unpaired) electrons. The summed E-state index contributed by atoms with van der Waals surface area (Å²) in [5, 5.41) is 20.3. The van der Waals surface area contributed by atoms with Crippen LogP contribution in [0.5, 0.6) is 11.5 Å². The summed E-state index contributed by atoms with van der Waals surface area (Å²) in [5.74, 6) is -0.670. The van der Waals surface area contributed by atoms with Gasteiger partial charge in [-0.2, -0.15) is 0 Å². The molecule has 0 unspecified atom stereocenters. The molecule has 0 aliphatic rings. The minimum absolute atomic E-state index is 0.0799. The van der Waals surface area contributed by atoms with E-state index in [-0.39, 0.29) is 16.5 Å². The van der Waals surface area contributed by atoms with Crippen molar-refractivity contribution in [2.24, 2.45) is 0 Å². The lowest BCUT2D eigenvalue weighted by atomic mass is 10.0. The third kappa shape index (κ3) is 2.29. The van der Waals surface area contributed by atoms with Gasteiger partial charge in [0.05, 0.1) is 10.0 Å². The van der Waals surface area contributed by atoms with Crippen LogP contribution in [0.1, 0.15) is 0 Å². The van der Waals surface area contributed by atoms with Gasteiger partial charge in [0.2, 0.25) is 0 Å². The van der Waals surface area contributed by atoms with Gasteiger partial charge in [-0.1, -0.05) is 40.9 Å². The summed E-state index contributed by atoms with van der Waals surface area (Å²) in [6.07, 6.45) is 0. The summed E-state index contributed by atoms with van der Waals surface area (Å²) in [4.78, 5) is 0. The molecular formula is C12H7Cl3O2. The van der Waals surface area contributed by atoms with Gasteiger partial charge in [-0.25, -0.2) is 0 Å². The molecule has 2 rings (SSSR count). The molecule has 2 aromatic rings. The molecular weight excluding hydrogens is 282 g/mol. The van der Waals surface area contributed by atoms with Crippen molar-refractivity contribution in [2.75, 3.05) is 0 Å². The van der Waals surface area contributed by atoms with Crippen LogP contribution in [0.3, 0.4) is 0 Å². The van der Waals surface area contributed by atoms with Crippen molar-refractivity contribution in [3.05, 3.63) is 45.4 Å². The zero-order valence-electron chi connectivity index (χ0n) is 8.42. The number of hydrogen-bond acceptors (Lipinski definition) is 2. The van der Waals surface area contributed by atoms with Crippen LogP contribution < -0.4 is 0 Å². The van der Waals surface area contributed by atoms with Gasteiger partial charge < -0.3 is 10.2 Å². The minimum atomic E-state index is -0.366. The van der Waals surface area contributed by atoms with Crippen LogP contribution in [0.4, 0.5) is 0 Å². The summed E-state index contributed by atoms with van der Waals surface area (Å²) >= 11 is 17.5. The maximum absolute atomic E-state index is 9.80. The molecule has 0 saturated heterocycles. The van der Waals surface area contributed by atoms with Gasteiger partial charge in [0.25, 0.3) is 0 Å². The van der Waals surface area contributed by atoms with Gasteiger partial charge in [0, 0.05) is 16.1 Å². The lowest BCUT2D eigenvalue weighted by molar-refractivity contribution is 0.405. The van der Waals surface area contributed by atoms with E-state index in [4.69, 9.17) is 34.8 Å². The summed E-state index contributed by atoms with van der Waals surface area (Å²) < 4.78 is 0. The molecule has 0 aliphatic carbocycles. The lowest BCUT2D eigenvalue weighted by Crippen LogP contribution is -1.82. The second kappa shape index (κ2) is 4.65. The average molecular weight is 290 g/mol. The Morgan fingerprint density at radius 1 is 0.706 bits per heavy atom. The highest BCUT2D eigenvalue weighted by Crippen LogP contribution is 2.43.